The number of nitrogens with two attached hydrogens (primary N) is 1. The molecule has 0 aliphatic carbocycles. The third-order valence-electron chi connectivity index (χ3n) is 4.15. The third-order valence-corrected chi connectivity index (χ3v) is 5.28. The van der Waals surface area contributed by atoms with Crippen LogP contribution in [0, 0.1) is 0 Å². The Hall–Kier alpha value is -2.80. The molecule has 0 fully saturated rings. The first-order valence-electron chi connectivity index (χ1n) is 9.19. The van der Waals surface area contributed by atoms with Crippen LogP contribution in [0.2, 0.25) is 0 Å². The van der Waals surface area contributed by atoms with Crippen LogP contribution in [-0.4, -0.2) is 27.2 Å². The minimum Gasteiger partial charge on any atom is -0.449 e. The van der Waals surface area contributed by atoms with Crippen molar-refractivity contribution >= 4 is 17.9 Å². The van der Waals surface area contributed by atoms with Crippen molar-refractivity contribution in [2.24, 2.45) is 5.73 Å². The number of hydrogen-bond acceptors (Lipinski definition) is 5. The van der Waals surface area contributed by atoms with Gasteiger partial charge in [-0.3, -0.25) is 4.98 Å². The van der Waals surface area contributed by atoms with Crippen LogP contribution < -0.4 is 5.73 Å². The lowest BCUT2D eigenvalue weighted by Gasteiger charge is -2.13. The summed E-state index contributed by atoms with van der Waals surface area (Å²) in [4.78, 5) is 21.4. The number of primary amides is 1. The second-order valence-corrected chi connectivity index (χ2v) is 7.68. The quantitative estimate of drug-likeness (QED) is 0.616. The lowest BCUT2D eigenvalue weighted by Crippen LogP contribution is -2.16. The number of imidazole rings is 1. The number of pyridine rings is 1. The summed E-state index contributed by atoms with van der Waals surface area (Å²) in [5, 5.41) is 1.08. The summed E-state index contributed by atoms with van der Waals surface area (Å²) in [6, 6.07) is 16.1. The van der Waals surface area contributed by atoms with Crippen LogP contribution >= 0.6 is 11.8 Å². The zero-order chi connectivity index (χ0) is 19.9. The van der Waals surface area contributed by atoms with Gasteiger partial charge in [0.15, 0.2) is 0 Å². The molecule has 0 atom stereocenters. The van der Waals surface area contributed by atoms with Gasteiger partial charge in [0.2, 0.25) is 0 Å². The molecule has 3 aromatic rings. The molecule has 0 saturated heterocycles. The molecule has 0 spiro atoms. The Morgan fingerprint density at radius 2 is 1.93 bits per heavy atom. The van der Waals surface area contributed by atoms with Crippen molar-refractivity contribution in [2.45, 2.75) is 42.7 Å². The number of benzene rings is 1. The van der Waals surface area contributed by atoms with Gasteiger partial charge in [-0.05, 0) is 30.2 Å². The summed E-state index contributed by atoms with van der Waals surface area (Å²) in [5.41, 5.74) is 7.07. The Morgan fingerprint density at radius 3 is 2.57 bits per heavy atom. The fourth-order valence-corrected chi connectivity index (χ4v) is 4.02. The van der Waals surface area contributed by atoms with E-state index in [1.165, 1.54) is 0 Å². The van der Waals surface area contributed by atoms with Crippen LogP contribution in [0.3, 0.4) is 0 Å². The largest absolute Gasteiger partial charge is 0.449 e. The second-order valence-electron chi connectivity index (χ2n) is 6.61. The van der Waals surface area contributed by atoms with Gasteiger partial charge in [-0.2, -0.15) is 0 Å². The van der Waals surface area contributed by atoms with Crippen LogP contribution in [-0.2, 0) is 17.7 Å². The number of carbonyl (C=O) groups is 1. The molecule has 0 aliphatic rings. The molecule has 3 rings (SSSR count). The first kappa shape index (κ1) is 19.9. The first-order chi connectivity index (χ1) is 13.5. The van der Waals surface area contributed by atoms with Crippen molar-refractivity contribution in [3.63, 3.8) is 0 Å². The lowest BCUT2D eigenvalue weighted by atomic mass is 10.1. The fourth-order valence-electron chi connectivity index (χ4n) is 2.84. The smallest absolute Gasteiger partial charge is 0.404 e. The Morgan fingerprint density at radius 1 is 1.18 bits per heavy atom. The number of ether oxygens (including phenoxy) is 1. The van der Waals surface area contributed by atoms with Crippen LogP contribution in [0.4, 0.5) is 4.79 Å². The molecule has 2 aromatic heterocycles. The van der Waals surface area contributed by atoms with Crippen molar-refractivity contribution in [2.75, 3.05) is 6.61 Å². The van der Waals surface area contributed by atoms with Crippen LogP contribution in [0.25, 0.3) is 0 Å². The molecule has 7 heteroatoms. The van der Waals surface area contributed by atoms with Crippen molar-refractivity contribution in [3.8, 4) is 0 Å². The number of rotatable bonds is 8. The molecule has 0 saturated carbocycles. The molecule has 0 unspecified atom stereocenters. The minimum absolute atomic E-state index is 0.196. The highest BCUT2D eigenvalue weighted by atomic mass is 32.2. The molecule has 2 heterocycles. The van der Waals surface area contributed by atoms with E-state index in [1.807, 2.05) is 36.4 Å². The van der Waals surface area contributed by atoms with E-state index in [-0.39, 0.29) is 12.5 Å². The molecule has 146 valence electrons. The zero-order valence-corrected chi connectivity index (χ0v) is 16.9. The molecule has 0 radical (unpaired) electrons. The van der Waals surface area contributed by atoms with E-state index in [9.17, 15) is 4.79 Å². The second kappa shape index (κ2) is 9.41. The predicted octanol–water partition coefficient (Wildman–Crippen LogP) is 4.24. The van der Waals surface area contributed by atoms with E-state index in [1.54, 1.807) is 18.0 Å². The maximum Gasteiger partial charge on any atom is 0.404 e. The van der Waals surface area contributed by atoms with E-state index in [0.29, 0.717) is 13.0 Å². The fraction of sp³-hybridized carbons (Fsp3) is 0.286. The number of nitrogens with zero attached hydrogens (tertiary/aromatic N) is 3. The maximum atomic E-state index is 10.9. The SMILES string of the molecule is CC(C)c1nc(CCOC(N)=O)n(Cc2ccccn2)c1Sc1ccccc1. The molecule has 0 aliphatic heterocycles. The highest BCUT2D eigenvalue weighted by molar-refractivity contribution is 7.99. The first-order valence-corrected chi connectivity index (χ1v) is 10.0. The molecule has 0 bridgehead atoms. The average molecular weight is 397 g/mol. The van der Waals surface area contributed by atoms with E-state index in [0.717, 1.165) is 27.1 Å². The highest BCUT2D eigenvalue weighted by Gasteiger charge is 2.21. The summed E-state index contributed by atoms with van der Waals surface area (Å²) >= 11 is 1.69. The van der Waals surface area contributed by atoms with Gasteiger partial charge >= 0.3 is 6.09 Å². The Bertz CT molecular complexity index is 911. The summed E-state index contributed by atoms with van der Waals surface area (Å²) < 4.78 is 7.11. The van der Waals surface area contributed by atoms with Gasteiger partial charge in [-0.15, -0.1) is 0 Å². The number of carbonyl (C=O) groups excluding carboxylic acids is 1. The number of amides is 1. The van der Waals surface area contributed by atoms with E-state index in [2.05, 4.69) is 35.5 Å². The third kappa shape index (κ3) is 5.13. The monoisotopic (exact) mass is 396 g/mol. The van der Waals surface area contributed by atoms with Crippen LogP contribution in [0.15, 0.2) is 64.6 Å². The standard InChI is InChI=1S/C21H24N4O2S/c1-15(2)19-20(28-17-9-4-3-5-10-17)25(14-16-8-6-7-12-23-16)18(24-19)11-13-27-21(22)26/h3-10,12,15H,11,13-14H2,1-2H3,(H2,22,26). The van der Waals surface area contributed by atoms with E-state index in [4.69, 9.17) is 15.5 Å². The highest BCUT2D eigenvalue weighted by Crippen LogP contribution is 2.35. The van der Waals surface area contributed by atoms with Gasteiger partial charge in [0, 0.05) is 17.5 Å². The molecule has 1 amide bonds. The van der Waals surface area contributed by atoms with Gasteiger partial charge in [0.25, 0.3) is 0 Å². The molecule has 6 nitrogen and oxygen atoms in total. The van der Waals surface area contributed by atoms with Crippen molar-refractivity contribution in [1.29, 1.82) is 0 Å². The van der Waals surface area contributed by atoms with Gasteiger partial charge in [0.05, 0.1) is 17.9 Å². The Kier molecular flexibility index (Phi) is 6.71. The Balaban J connectivity index is 2.00. The van der Waals surface area contributed by atoms with Gasteiger partial charge in [-0.25, -0.2) is 9.78 Å². The van der Waals surface area contributed by atoms with Gasteiger partial charge in [-0.1, -0.05) is 49.9 Å². The molecule has 1 aromatic carbocycles. The molecule has 28 heavy (non-hydrogen) atoms. The summed E-state index contributed by atoms with van der Waals surface area (Å²) in [6.45, 7) is 5.06. The summed E-state index contributed by atoms with van der Waals surface area (Å²) in [7, 11) is 0. The van der Waals surface area contributed by atoms with E-state index < -0.39 is 6.09 Å². The van der Waals surface area contributed by atoms with E-state index >= 15 is 0 Å². The topological polar surface area (TPSA) is 83.0 Å². The van der Waals surface area contributed by atoms with Crippen molar-refractivity contribution in [1.82, 2.24) is 14.5 Å². The molecule has 2 N–H and O–H groups in total. The van der Waals surface area contributed by atoms with Crippen LogP contribution in [0.5, 0.6) is 0 Å². The maximum absolute atomic E-state index is 10.9. The minimum atomic E-state index is -0.772. The zero-order valence-electron chi connectivity index (χ0n) is 16.0. The van der Waals surface area contributed by atoms with Crippen molar-refractivity contribution in [3.05, 3.63) is 71.9 Å². The number of aromatic nitrogens is 3. The normalized spacial score (nSPS) is 11.0. The average Bonchev–Trinajstić information content (AvgIpc) is 3.01. The summed E-state index contributed by atoms with van der Waals surface area (Å²) in [5.74, 6) is 1.11. The molecular weight excluding hydrogens is 372 g/mol. The van der Waals surface area contributed by atoms with Crippen molar-refractivity contribution < 1.29 is 9.53 Å². The summed E-state index contributed by atoms with van der Waals surface area (Å²) in [6.07, 6.45) is 1.51. The Labute approximate surface area is 169 Å². The lowest BCUT2D eigenvalue weighted by molar-refractivity contribution is 0.157. The number of hydrogen-bond donors (Lipinski definition) is 1. The van der Waals surface area contributed by atoms with Crippen LogP contribution in [0.1, 0.15) is 37.0 Å². The van der Waals surface area contributed by atoms with Gasteiger partial charge < -0.3 is 15.0 Å². The van der Waals surface area contributed by atoms with Gasteiger partial charge in [0.1, 0.15) is 17.5 Å². The molecular formula is C21H24N4O2S. The predicted molar refractivity (Wildman–Crippen MR) is 109 cm³/mol.